The van der Waals surface area contributed by atoms with Crippen molar-refractivity contribution in [3.63, 3.8) is 0 Å². The molecule has 0 aliphatic carbocycles. The minimum Gasteiger partial charge on any atom is -0.378 e. The molecule has 1 amide bonds. The molecule has 1 aliphatic rings. The number of nitrogens with zero attached hydrogens (tertiary/aromatic N) is 5. The van der Waals surface area contributed by atoms with Crippen LogP contribution in [0.25, 0.3) is 22.6 Å². The average molecular weight is 448 g/mol. The molecule has 1 fully saturated rings. The Labute approximate surface area is 190 Å². The maximum atomic E-state index is 13.3. The van der Waals surface area contributed by atoms with E-state index in [1.807, 2.05) is 53.4 Å². The van der Waals surface area contributed by atoms with Crippen molar-refractivity contribution in [3.05, 3.63) is 65.0 Å². The number of thiazole rings is 1. The highest BCUT2D eigenvalue weighted by atomic mass is 32.1. The van der Waals surface area contributed by atoms with Gasteiger partial charge >= 0.3 is 0 Å². The lowest BCUT2D eigenvalue weighted by molar-refractivity contribution is -0.130. The Balaban J connectivity index is 1.39. The van der Waals surface area contributed by atoms with Crippen LogP contribution in [0.4, 0.5) is 5.69 Å². The fraction of sp³-hybridized carbons (Fsp3) is 0.292. The number of ether oxygens (including phenoxy) is 1. The van der Waals surface area contributed by atoms with Crippen LogP contribution in [-0.2, 0) is 22.6 Å². The van der Waals surface area contributed by atoms with Crippen molar-refractivity contribution in [2.45, 2.75) is 13.1 Å². The van der Waals surface area contributed by atoms with Gasteiger partial charge in [0, 0.05) is 37.7 Å². The number of morpholine rings is 1. The third-order valence-electron chi connectivity index (χ3n) is 5.79. The molecule has 0 atom stereocenters. The van der Waals surface area contributed by atoms with Gasteiger partial charge in [-0.15, -0.1) is 11.3 Å². The molecule has 0 radical (unpaired) electrons. The van der Waals surface area contributed by atoms with E-state index < -0.39 is 0 Å². The number of amides is 1. The van der Waals surface area contributed by atoms with Crippen molar-refractivity contribution in [1.29, 1.82) is 0 Å². The van der Waals surface area contributed by atoms with Crippen molar-refractivity contribution in [2.24, 2.45) is 0 Å². The molecular weight excluding hydrogens is 422 g/mol. The normalized spacial score (nSPS) is 14.1. The number of likely N-dealkylation sites (N-methyl/N-ethyl adjacent to an activating group) is 1. The zero-order valence-electron chi connectivity index (χ0n) is 18.0. The fourth-order valence-corrected chi connectivity index (χ4v) is 4.64. The molecule has 8 heteroatoms. The highest BCUT2D eigenvalue weighted by Crippen LogP contribution is 2.26. The number of rotatable bonds is 6. The summed E-state index contributed by atoms with van der Waals surface area (Å²) in [6.45, 7) is 3.96. The summed E-state index contributed by atoms with van der Waals surface area (Å²) in [6.07, 6.45) is 0. The van der Waals surface area contributed by atoms with Gasteiger partial charge in [0.1, 0.15) is 12.2 Å². The second-order valence-corrected chi connectivity index (χ2v) is 8.58. The van der Waals surface area contributed by atoms with E-state index in [2.05, 4.69) is 22.0 Å². The number of carbonyl (C=O) groups is 1. The minimum absolute atomic E-state index is 0.0291. The summed E-state index contributed by atoms with van der Waals surface area (Å²) in [4.78, 5) is 26.6. The summed E-state index contributed by atoms with van der Waals surface area (Å²) in [5, 5.41) is 1.96. The van der Waals surface area contributed by atoms with Gasteiger partial charge in [0.25, 0.3) is 0 Å². The molecule has 1 saturated heterocycles. The smallest absolute Gasteiger partial charge is 0.242 e. The average Bonchev–Trinajstić information content (AvgIpc) is 3.48. The molecule has 4 aromatic rings. The molecule has 0 saturated carbocycles. The molecule has 5 rings (SSSR count). The molecule has 0 spiro atoms. The van der Waals surface area contributed by atoms with E-state index in [1.54, 1.807) is 10.4 Å². The van der Waals surface area contributed by atoms with E-state index in [-0.39, 0.29) is 12.5 Å². The summed E-state index contributed by atoms with van der Waals surface area (Å²) in [7, 11) is 1.86. The van der Waals surface area contributed by atoms with Crippen LogP contribution in [0.1, 0.15) is 5.56 Å². The SMILES string of the molecule is CN(Cc1ccccc1N1CCOCC1)C(=O)Cn1c(-c2cscn2)nc2ccccc21. The van der Waals surface area contributed by atoms with E-state index in [1.165, 1.54) is 17.0 Å². The van der Waals surface area contributed by atoms with Gasteiger partial charge in [-0.2, -0.15) is 0 Å². The number of hydrogen-bond acceptors (Lipinski definition) is 6. The Hall–Kier alpha value is -3.23. The van der Waals surface area contributed by atoms with Crippen molar-refractivity contribution in [3.8, 4) is 11.5 Å². The minimum atomic E-state index is 0.0291. The lowest BCUT2D eigenvalue weighted by Gasteiger charge is -2.31. The third kappa shape index (κ3) is 4.11. The number of imidazole rings is 1. The summed E-state index contributed by atoms with van der Waals surface area (Å²) in [6, 6.07) is 16.2. The number of benzene rings is 2. The largest absolute Gasteiger partial charge is 0.378 e. The first-order valence-electron chi connectivity index (χ1n) is 10.7. The standard InChI is InChI=1S/C24H25N5O2S/c1-27(14-18-6-2-4-8-21(18)28-10-12-31-13-11-28)23(30)15-29-22-9-5-3-7-19(22)26-24(29)20-16-32-17-25-20/h2-9,16-17H,10-15H2,1H3. The van der Waals surface area contributed by atoms with Gasteiger partial charge in [-0.1, -0.05) is 30.3 Å². The van der Waals surface area contributed by atoms with Gasteiger partial charge in [0.15, 0.2) is 5.82 Å². The van der Waals surface area contributed by atoms with Crippen LogP contribution >= 0.6 is 11.3 Å². The third-order valence-corrected chi connectivity index (χ3v) is 6.37. The zero-order valence-corrected chi connectivity index (χ0v) is 18.8. The summed E-state index contributed by atoms with van der Waals surface area (Å²) >= 11 is 1.52. The van der Waals surface area contributed by atoms with Crippen LogP contribution in [-0.4, -0.2) is 58.7 Å². The van der Waals surface area contributed by atoms with E-state index in [9.17, 15) is 4.79 Å². The molecule has 164 valence electrons. The summed E-state index contributed by atoms with van der Waals surface area (Å²) in [5.41, 5.74) is 6.69. The Kier molecular flexibility index (Phi) is 5.87. The molecule has 3 heterocycles. The topological polar surface area (TPSA) is 63.5 Å². The summed E-state index contributed by atoms with van der Waals surface area (Å²) < 4.78 is 7.47. The molecule has 0 N–H and O–H groups in total. The second kappa shape index (κ2) is 9.10. The number of hydrogen-bond donors (Lipinski definition) is 0. The first-order chi connectivity index (χ1) is 15.7. The van der Waals surface area contributed by atoms with Crippen molar-refractivity contribution >= 4 is 34.0 Å². The maximum absolute atomic E-state index is 13.3. The second-order valence-electron chi connectivity index (χ2n) is 7.86. The summed E-state index contributed by atoms with van der Waals surface area (Å²) in [5.74, 6) is 0.754. The van der Waals surface area contributed by atoms with Crippen LogP contribution in [0.15, 0.2) is 59.4 Å². The van der Waals surface area contributed by atoms with E-state index >= 15 is 0 Å². The van der Waals surface area contributed by atoms with Crippen molar-refractivity contribution < 1.29 is 9.53 Å². The van der Waals surface area contributed by atoms with Gasteiger partial charge in [0.05, 0.1) is 29.8 Å². The number of carbonyl (C=O) groups excluding carboxylic acids is 1. The van der Waals surface area contributed by atoms with Crippen molar-refractivity contribution in [2.75, 3.05) is 38.3 Å². The number of anilines is 1. The van der Waals surface area contributed by atoms with E-state index in [0.29, 0.717) is 6.54 Å². The number of fused-ring (bicyclic) bond motifs is 1. The Morgan fingerprint density at radius 3 is 2.72 bits per heavy atom. The number of para-hydroxylation sites is 3. The maximum Gasteiger partial charge on any atom is 0.242 e. The lowest BCUT2D eigenvalue weighted by Crippen LogP contribution is -2.37. The number of aromatic nitrogens is 3. The highest BCUT2D eigenvalue weighted by Gasteiger charge is 2.20. The quantitative estimate of drug-likeness (QED) is 0.451. The molecule has 32 heavy (non-hydrogen) atoms. The van der Waals surface area contributed by atoms with Gasteiger partial charge < -0.3 is 19.1 Å². The van der Waals surface area contributed by atoms with Gasteiger partial charge in [-0.25, -0.2) is 9.97 Å². The predicted octanol–water partition coefficient (Wildman–Crippen LogP) is 3.66. The van der Waals surface area contributed by atoms with Crippen LogP contribution in [0.5, 0.6) is 0 Å². The first kappa shape index (κ1) is 20.7. The highest BCUT2D eigenvalue weighted by molar-refractivity contribution is 7.07. The van der Waals surface area contributed by atoms with Gasteiger partial charge in [0.2, 0.25) is 5.91 Å². The van der Waals surface area contributed by atoms with E-state index in [4.69, 9.17) is 9.72 Å². The Morgan fingerprint density at radius 2 is 1.91 bits per heavy atom. The molecule has 2 aromatic heterocycles. The monoisotopic (exact) mass is 447 g/mol. The molecular formula is C24H25N5O2S. The van der Waals surface area contributed by atoms with Crippen LogP contribution in [0, 0.1) is 0 Å². The molecule has 0 unspecified atom stereocenters. The Bertz CT molecular complexity index is 1210. The Morgan fingerprint density at radius 1 is 1.12 bits per heavy atom. The fourth-order valence-electron chi connectivity index (χ4n) is 4.11. The first-order valence-corrected chi connectivity index (χ1v) is 11.6. The lowest BCUT2D eigenvalue weighted by atomic mass is 10.1. The van der Waals surface area contributed by atoms with Crippen LogP contribution in [0.3, 0.4) is 0 Å². The van der Waals surface area contributed by atoms with Crippen LogP contribution < -0.4 is 4.90 Å². The van der Waals surface area contributed by atoms with Gasteiger partial charge in [-0.05, 0) is 23.8 Å². The molecule has 7 nitrogen and oxygen atoms in total. The zero-order chi connectivity index (χ0) is 21.9. The van der Waals surface area contributed by atoms with Crippen LogP contribution in [0.2, 0.25) is 0 Å². The predicted molar refractivity (Wildman–Crippen MR) is 127 cm³/mol. The molecule has 1 aliphatic heterocycles. The molecule has 0 bridgehead atoms. The molecule has 2 aromatic carbocycles. The van der Waals surface area contributed by atoms with E-state index in [0.717, 1.165) is 54.4 Å². The van der Waals surface area contributed by atoms with Gasteiger partial charge in [-0.3, -0.25) is 4.79 Å². The van der Waals surface area contributed by atoms with Crippen molar-refractivity contribution in [1.82, 2.24) is 19.4 Å².